The molecular formula is C18H21F2N3O3S. The lowest BCUT2D eigenvalue weighted by Crippen LogP contribution is -2.40. The second-order valence-corrected chi connectivity index (χ2v) is 7.96. The van der Waals surface area contributed by atoms with E-state index >= 15 is 0 Å². The average Bonchev–Trinajstić information content (AvgIpc) is 2.61. The van der Waals surface area contributed by atoms with E-state index in [9.17, 15) is 17.2 Å². The van der Waals surface area contributed by atoms with Gasteiger partial charge in [-0.1, -0.05) is 0 Å². The van der Waals surface area contributed by atoms with Crippen LogP contribution < -0.4 is 9.62 Å². The summed E-state index contributed by atoms with van der Waals surface area (Å²) < 4.78 is 59.2. The largest absolute Gasteiger partial charge is 0.377 e. The normalized spacial score (nSPS) is 17.7. The van der Waals surface area contributed by atoms with Crippen LogP contribution in [-0.2, 0) is 14.8 Å². The topological polar surface area (TPSA) is 71.5 Å². The monoisotopic (exact) mass is 397 g/mol. The Morgan fingerprint density at radius 2 is 2.00 bits per heavy atom. The molecule has 1 unspecified atom stereocenters. The van der Waals surface area contributed by atoms with Crippen molar-refractivity contribution in [1.82, 2.24) is 4.98 Å². The molecule has 0 saturated carbocycles. The predicted molar refractivity (Wildman–Crippen MR) is 98.3 cm³/mol. The molecular weight excluding hydrogens is 376 g/mol. The van der Waals surface area contributed by atoms with Gasteiger partial charge in [0.15, 0.2) is 0 Å². The molecule has 2 aromatic rings. The number of pyridine rings is 1. The molecule has 0 amide bonds. The summed E-state index contributed by atoms with van der Waals surface area (Å²) in [6.45, 7) is 4.13. The average molecular weight is 397 g/mol. The van der Waals surface area contributed by atoms with Crippen LogP contribution in [0.4, 0.5) is 20.3 Å². The SMILES string of the molecule is CCOC1CCCN(c2ccc(S(=O)(=O)Nc3cc(F)cc(F)c3)cn2)C1. The van der Waals surface area contributed by atoms with E-state index in [1.54, 1.807) is 6.07 Å². The first-order chi connectivity index (χ1) is 12.9. The van der Waals surface area contributed by atoms with E-state index in [-0.39, 0.29) is 16.7 Å². The van der Waals surface area contributed by atoms with Crippen molar-refractivity contribution in [2.45, 2.75) is 30.8 Å². The van der Waals surface area contributed by atoms with Crippen molar-refractivity contribution >= 4 is 21.5 Å². The number of ether oxygens (including phenoxy) is 1. The standard InChI is InChI=1S/C18H21F2N3O3S/c1-2-26-16-4-3-7-23(12-16)18-6-5-17(11-21-18)27(24,25)22-15-9-13(19)8-14(20)10-15/h5-6,8-11,16,22H,2-4,7,12H2,1H3. The molecule has 27 heavy (non-hydrogen) atoms. The molecule has 1 aliphatic rings. The summed E-state index contributed by atoms with van der Waals surface area (Å²) in [6, 6.07) is 5.52. The van der Waals surface area contributed by atoms with Crippen LogP contribution >= 0.6 is 0 Å². The van der Waals surface area contributed by atoms with Gasteiger partial charge >= 0.3 is 0 Å². The molecule has 0 bridgehead atoms. The third-order valence-corrected chi connectivity index (χ3v) is 5.62. The number of rotatable bonds is 6. The molecule has 1 atom stereocenters. The van der Waals surface area contributed by atoms with Gasteiger partial charge < -0.3 is 9.64 Å². The summed E-state index contributed by atoms with van der Waals surface area (Å²) in [5, 5.41) is 0. The number of benzene rings is 1. The fourth-order valence-corrected chi connectivity index (χ4v) is 4.05. The first kappa shape index (κ1) is 19.5. The van der Waals surface area contributed by atoms with Crippen molar-refractivity contribution < 1.29 is 21.9 Å². The van der Waals surface area contributed by atoms with Gasteiger partial charge in [-0.15, -0.1) is 0 Å². The second kappa shape index (κ2) is 8.18. The minimum absolute atomic E-state index is 0.0886. The quantitative estimate of drug-likeness (QED) is 0.811. The van der Waals surface area contributed by atoms with Gasteiger partial charge in [0, 0.05) is 32.0 Å². The van der Waals surface area contributed by atoms with Crippen molar-refractivity contribution in [2.24, 2.45) is 0 Å². The lowest BCUT2D eigenvalue weighted by atomic mass is 10.1. The van der Waals surface area contributed by atoms with Crippen molar-refractivity contribution in [2.75, 3.05) is 29.3 Å². The molecule has 1 saturated heterocycles. The van der Waals surface area contributed by atoms with E-state index in [4.69, 9.17) is 4.74 Å². The molecule has 0 radical (unpaired) electrons. The third kappa shape index (κ3) is 4.92. The molecule has 0 spiro atoms. The summed E-state index contributed by atoms with van der Waals surface area (Å²) in [4.78, 5) is 6.21. The Bertz CT molecular complexity index is 869. The number of sulfonamides is 1. The summed E-state index contributed by atoms with van der Waals surface area (Å²) in [5.41, 5.74) is -0.188. The number of halogens is 2. The minimum atomic E-state index is -4.00. The first-order valence-electron chi connectivity index (χ1n) is 8.69. The number of aromatic nitrogens is 1. The maximum atomic E-state index is 13.2. The molecule has 9 heteroatoms. The highest BCUT2D eigenvalue weighted by atomic mass is 32.2. The predicted octanol–water partition coefficient (Wildman–Crippen LogP) is 3.17. The van der Waals surface area contributed by atoms with Crippen LogP contribution in [0.15, 0.2) is 41.4 Å². The third-order valence-electron chi connectivity index (χ3n) is 4.25. The number of piperidine rings is 1. The second-order valence-electron chi connectivity index (χ2n) is 6.28. The number of hydrogen-bond donors (Lipinski definition) is 1. The van der Waals surface area contributed by atoms with Crippen molar-refractivity contribution in [3.63, 3.8) is 0 Å². The van der Waals surface area contributed by atoms with Gasteiger partial charge in [0.25, 0.3) is 10.0 Å². The highest BCUT2D eigenvalue weighted by Gasteiger charge is 2.22. The highest BCUT2D eigenvalue weighted by Crippen LogP contribution is 2.22. The molecule has 146 valence electrons. The molecule has 0 aliphatic carbocycles. The number of hydrogen-bond acceptors (Lipinski definition) is 5. The number of anilines is 2. The Hall–Kier alpha value is -2.26. The zero-order valence-corrected chi connectivity index (χ0v) is 15.7. The van der Waals surface area contributed by atoms with E-state index in [0.717, 1.165) is 31.5 Å². The maximum Gasteiger partial charge on any atom is 0.263 e. The summed E-state index contributed by atoms with van der Waals surface area (Å²) in [7, 11) is -4.00. The Morgan fingerprint density at radius 3 is 2.63 bits per heavy atom. The minimum Gasteiger partial charge on any atom is -0.377 e. The maximum absolute atomic E-state index is 13.2. The molecule has 1 fully saturated rings. The molecule has 1 aromatic heterocycles. The molecule has 3 rings (SSSR count). The summed E-state index contributed by atoms with van der Waals surface area (Å²) in [6.07, 6.45) is 3.33. The molecule has 1 aromatic carbocycles. The van der Waals surface area contributed by atoms with Gasteiger partial charge in [0.05, 0.1) is 11.8 Å². The van der Waals surface area contributed by atoms with Crippen LogP contribution in [-0.4, -0.2) is 39.2 Å². The van der Waals surface area contributed by atoms with Crippen molar-refractivity contribution in [3.8, 4) is 0 Å². The van der Waals surface area contributed by atoms with Crippen molar-refractivity contribution in [3.05, 3.63) is 48.2 Å². The van der Waals surface area contributed by atoms with Gasteiger partial charge in [-0.2, -0.15) is 0 Å². The molecule has 1 aliphatic heterocycles. The van der Waals surface area contributed by atoms with Crippen LogP contribution in [0.3, 0.4) is 0 Å². The van der Waals surface area contributed by atoms with E-state index in [1.165, 1.54) is 12.3 Å². The fraction of sp³-hybridized carbons (Fsp3) is 0.389. The Kier molecular flexibility index (Phi) is 5.91. The molecule has 6 nitrogen and oxygen atoms in total. The van der Waals surface area contributed by atoms with Crippen LogP contribution in [0.1, 0.15) is 19.8 Å². The zero-order chi connectivity index (χ0) is 19.4. The van der Waals surface area contributed by atoms with E-state index in [2.05, 4.69) is 14.6 Å². The van der Waals surface area contributed by atoms with Crippen LogP contribution in [0.5, 0.6) is 0 Å². The van der Waals surface area contributed by atoms with Gasteiger partial charge in [-0.25, -0.2) is 22.2 Å². The fourth-order valence-electron chi connectivity index (χ4n) is 3.06. The van der Waals surface area contributed by atoms with Gasteiger partial charge in [-0.05, 0) is 44.0 Å². The highest BCUT2D eigenvalue weighted by molar-refractivity contribution is 7.92. The number of nitrogens with zero attached hydrogens (tertiary/aromatic N) is 2. The van der Waals surface area contributed by atoms with Crippen LogP contribution in [0, 0.1) is 11.6 Å². The molecule has 1 N–H and O–H groups in total. The van der Waals surface area contributed by atoms with E-state index < -0.39 is 21.7 Å². The van der Waals surface area contributed by atoms with Gasteiger partial charge in [0.1, 0.15) is 22.3 Å². The lowest BCUT2D eigenvalue weighted by Gasteiger charge is -2.33. The summed E-state index contributed by atoms with van der Waals surface area (Å²) >= 11 is 0. The van der Waals surface area contributed by atoms with E-state index in [0.29, 0.717) is 25.0 Å². The Labute approximate surface area is 157 Å². The van der Waals surface area contributed by atoms with Gasteiger partial charge in [-0.3, -0.25) is 4.72 Å². The molecule has 2 heterocycles. The van der Waals surface area contributed by atoms with Crippen LogP contribution in [0.25, 0.3) is 0 Å². The van der Waals surface area contributed by atoms with Crippen molar-refractivity contribution in [1.29, 1.82) is 0 Å². The number of nitrogens with one attached hydrogen (secondary N) is 1. The lowest BCUT2D eigenvalue weighted by molar-refractivity contribution is 0.0525. The summed E-state index contributed by atoms with van der Waals surface area (Å²) in [5.74, 6) is -1.07. The van der Waals surface area contributed by atoms with E-state index in [1.807, 2.05) is 6.92 Å². The smallest absolute Gasteiger partial charge is 0.263 e. The Morgan fingerprint density at radius 1 is 1.26 bits per heavy atom. The Balaban J connectivity index is 1.74. The van der Waals surface area contributed by atoms with Gasteiger partial charge in [0.2, 0.25) is 0 Å². The first-order valence-corrected chi connectivity index (χ1v) is 10.2. The van der Waals surface area contributed by atoms with Crippen LogP contribution in [0.2, 0.25) is 0 Å². The zero-order valence-electron chi connectivity index (χ0n) is 14.9.